The summed E-state index contributed by atoms with van der Waals surface area (Å²) >= 11 is 0. The van der Waals surface area contributed by atoms with Crippen molar-refractivity contribution < 1.29 is 9.90 Å². The van der Waals surface area contributed by atoms with Gasteiger partial charge in [0, 0.05) is 37.3 Å². The van der Waals surface area contributed by atoms with E-state index in [1.807, 2.05) is 48.4 Å². The van der Waals surface area contributed by atoms with E-state index < -0.39 is 6.10 Å². The molecular weight excluding hydrogens is 302 g/mol. The summed E-state index contributed by atoms with van der Waals surface area (Å²) in [5.74, 6) is 1.19. The number of aliphatic hydroxyl groups excluding tert-OH is 1. The molecule has 3 atom stereocenters. The molecule has 2 aliphatic rings. The summed E-state index contributed by atoms with van der Waals surface area (Å²) in [5.41, 5.74) is 2.26. The zero-order valence-electron chi connectivity index (χ0n) is 13.9. The van der Waals surface area contributed by atoms with Gasteiger partial charge in [0.25, 0.3) is 0 Å². The third-order valence-electron chi connectivity index (χ3n) is 5.39. The van der Waals surface area contributed by atoms with E-state index in [4.69, 9.17) is 0 Å². The predicted octanol–water partition coefficient (Wildman–Crippen LogP) is 2.09. The van der Waals surface area contributed by atoms with E-state index in [9.17, 15) is 9.90 Å². The van der Waals surface area contributed by atoms with Crippen LogP contribution < -0.4 is 0 Å². The predicted molar refractivity (Wildman–Crippen MR) is 90.3 cm³/mol. The molecule has 3 heterocycles. The first-order valence-electron chi connectivity index (χ1n) is 8.68. The molecule has 5 nitrogen and oxygen atoms in total. The Balaban J connectivity index is 1.55. The van der Waals surface area contributed by atoms with Crippen molar-refractivity contribution in [2.24, 2.45) is 5.92 Å². The van der Waals surface area contributed by atoms with Crippen molar-refractivity contribution in [1.29, 1.82) is 0 Å². The number of likely N-dealkylation sites (tertiary alicyclic amines) is 1. The van der Waals surface area contributed by atoms with Crippen molar-refractivity contribution in [2.45, 2.75) is 44.9 Å². The fraction of sp³-hybridized carbons (Fsp3) is 0.474. The van der Waals surface area contributed by atoms with E-state index in [-0.39, 0.29) is 17.9 Å². The summed E-state index contributed by atoms with van der Waals surface area (Å²) in [5, 5.41) is 10.1. The Kier molecular flexibility index (Phi) is 3.88. The summed E-state index contributed by atoms with van der Waals surface area (Å²) in [4.78, 5) is 19.4. The van der Waals surface area contributed by atoms with Crippen LogP contribution in [0.2, 0.25) is 0 Å². The summed E-state index contributed by atoms with van der Waals surface area (Å²) in [6.07, 6.45) is 3.67. The lowest BCUT2D eigenvalue weighted by molar-refractivity contribution is -0.137. The van der Waals surface area contributed by atoms with Gasteiger partial charge in [0.15, 0.2) is 0 Å². The van der Waals surface area contributed by atoms with E-state index in [0.29, 0.717) is 13.0 Å². The van der Waals surface area contributed by atoms with Gasteiger partial charge in [-0.25, -0.2) is 4.98 Å². The average molecular weight is 325 g/mol. The molecule has 1 aromatic heterocycles. The van der Waals surface area contributed by atoms with Crippen LogP contribution in [-0.2, 0) is 17.8 Å². The van der Waals surface area contributed by atoms with Crippen molar-refractivity contribution in [2.75, 3.05) is 6.54 Å². The fourth-order valence-electron chi connectivity index (χ4n) is 4.12. The zero-order chi connectivity index (χ0) is 16.7. The van der Waals surface area contributed by atoms with Gasteiger partial charge in [0.1, 0.15) is 5.82 Å². The molecular formula is C19H23N3O2. The minimum absolute atomic E-state index is 0.00916. The Labute approximate surface area is 141 Å². The number of hydrogen-bond donors (Lipinski definition) is 1. The van der Waals surface area contributed by atoms with Crippen LogP contribution >= 0.6 is 0 Å². The number of amides is 1. The fourth-order valence-corrected chi connectivity index (χ4v) is 4.12. The van der Waals surface area contributed by atoms with Crippen molar-refractivity contribution in [3.63, 3.8) is 0 Å². The maximum atomic E-state index is 13.1. The largest absolute Gasteiger partial charge is 0.391 e. The number of aliphatic hydroxyl groups is 1. The van der Waals surface area contributed by atoms with Gasteiger partial charge < -0.3 is 14.6 Å². The van der Waals surface area contributed by atoms with E-state index >= 15 is 0 Å². The highest BCUT2D eigenvalue weighted by Gasteiger charge is 2.39. The Morgan fingerprint density at radius 1 is 1.29 bits per heavy atom. The van der Waals surface area contributed by atoms with Crippen LogP contribution in [0, 0.1) is 12.8 Å². The number of β-amino-alcohol motifs (C(OH)–C–C–N with tert-alkyl or cyclic N) is 1. The van der Waals surface area contributed by atoms with E-state index in [0.717, 1.165) is 36.5 Å². The first kappa shape index (κ1) is 15.4. The smallest absolute Gasteiger partial charge is 0.226 e. The summed E-state index contributed by atoms with van der Waals surface area (Å²) in [7, 11) is 0. The summed E-state index contributed by atoms with van der Waals surface area (Å²) in [6, 6.07) is 10.0. The van der Waals surface area contributed by atoms with Gasteiger partial charge in [0.2, 0.25) is 5.91 Å². The molecule has 0 bridgehead atoms. The number of imidazole rings is 1. The number of aromatic nitrogens is 2. The Morgan fingerprint density at radius 2 is 2.08 bits per heavy atom. The van der Waals surface area contributed by atoms with Crippen LogP contribution in [0.4, 0.5) is 0 Å². The van der Waals surface area contributed by atoms with Crippen molar-refractivity contribution in [3.8, 4) is 0 Å². The topological polar surface area (TPSA) is 58.4 Å². The van der Waals surface area contributed by atoms with Gasteiger partial charge in [-0.05, 0) is 25.3 Å². The maximum Gasteiger partial charge on any atom is 0.226 e. The molecule has 1 saturated heterocycles. The number of nitrogens with zero attached hydrogens (tertiary/aromatic N) is 3. The van der Waals surface area contributed by atoms with Crippen molar-refractivity contribution in [3.05, 3.63) is 53.6 Å². The molecule has 2 aliphatic heterocycles. The minimum Gasteiger partial charge on any atom is -0.391 e. The average Bonchev–Trinajstić information content (AvgIpc) is 3.18. The van der Waals surface area contributed by atoms with Gasteiger partial charge in [0.05, 0.1) is 12.1 Å². The van der Waals surface area contributed by atoms with Gasteiger partial charge in [-0.1, -0.05) is 30.3 Å². The highest BCUT2D eigenvalue weighted by Crippen LogP contribution is 2.35. The Hall–Kier alpha value is -2.14. The summed E-state index contributed by atoms with van der Waals surface area (Å²) in [6.45, 7) is 3.30. The molecule has 0 radical (unpaired) electrons. The van der Waals surface area contributed by atoms with Crippen LogP contribution in [0.5, 0.6) is 0 Å². The van der Waals surface area contributed by atoms with Gasteiger partial charge in [-0.3, -0.25) is 4.79 Å². The molecule has 0 spiro atoms. The van der Waals surface area contributed by atoms with E-state index in [2.05, 4.69) is 9.55 Å². The standard InChI is InChI=1S/C19H23N3O2/c1-13-20-11-16-9-15(7-8-21(13)16)19(24)22-12-17(23)10-18(22)14-5-3-2-4-6-14/h2-6,11,15,17-18,23H,7-10,12H2,1H3. The first-order valence-corrected chi connectivity index (χ1v) is 8.68. The number of fused-ring (bicyclic) bond motifs is 1. The first-order chi connectivity index (χ1) is 11.6. The Morgan fingerprint density at radius 3 is 2.88 bits per heavy atom. The van der Waals surface area contributed by atoms with Gasteiger partial charge in [-0.2, -0.15) is 0 Å². The maximum absolute atomic E-state index is 13.1. The molecule has 1 amide bonds. The zero-order valence-corrected chi connectivity index (χ0v) is 13.9. The number of rotatable bonds is 2. The molecule has 1 fully saturated rings. The molecule has 5 heteroatoms. The second kappa shape index (κ2) is 6.06. The van der Waals surface area contributed by atoms with Crippen LogP contribution in [0.15, 0.2) is 36.5 Å². The number of aryl methyl sites for hydroxylation is 1. The normalized spacial score (nSPS) is 26.4. The van der Waals surface area contributed by atoms with Crippen LogP contribution in [0.25, 0.3) is 0 Å². The lowest BCUT2D eigenvalue weighted by atomic mass is 9.93. The molecule has 0 aliphatic carbocycles. The highest BCUT2D eigenvalue weighted by atomic mass is 16.3. The Bertz CT molecular complexity index is 740. The minimum atomic E-state index is -0.435. The lowest BCUT2D eigenvalue weighted by Gasteiger charge is -2.31. The van der Waals surface area contributed by atoms with Gasteiger partial charge in [-0.15, -0.1) is 0 Å². The molecule has 2 aromatic rings. The molecule has 1 aromatic carbocycles. The molecule has 4 rings (SSSR count). The number of carbonyl (C=O) groups is 1. The monoisotopic (exact) mass is 325 g/mol. The third-order valence-corrected chi connectivity index (χ3v) is 5.39. The quantitative estimate of drug-likeness (QED) is 0.920. The molecule has 1 N–H and O–H groups in total. The van der Waals surface area contributed by atoms with Crippen LogP contribution in [0.3, 0.4) is 0 Å². The van der Waals surface area contributed by atoms with Crippen molar-refractivity contribution in [1.82, 2.24) is 14.5 Å². The second-order valence-electron chi connectivity index (χ2n) is 6.94. The van der Waals surface area contributed by atoms with Crippen molar-refractivity contribution >= 4 is 5.91 Å². The van der Waals surface area contributed by atoms with Crippen LogP contribution in [-0.4, -0.2) is 38.1 Å². The number of carbonyl (C=O) groups excluding carboxylic acids is 1. The highest BCUT2D eigenvalue weighted by molar-refractivity contribution is 5.80. The van der Waals surface area contributed by atoms with E-state index in [1.54, 1.807) is 0 Å². The third kappa shape index (κ3) is 2.63. The second-order valence-corrected chi connectivity index (χ2v) is 6.94. The SMILES string of the molecule is Cc1ncc2n1CCC(C(=O)N1CC(O)CC1c1ccccc1)C2. The molecule has 24 heavy (non-hydrogen) atoms. The van der Waals surface area contributed by atoms with E-state index in [1.165, 1.54) is 0 Å². The number of benzene rings is 1. The molecule has 3 unspecified atom stereocenters. The lowest BCUT2D eigenvalue weighted by Crippen LogP contribution is -2.39. The molecule has 0 saturated carbocycles. The summed E-state index contributed by atoms with van der Waals surface area (Å²) < 4.78 is 2.21. The van der Waals surface area contributed by atoms with Gasteiger partial charge >= 0.3 is 0 Å². The molecule has 126 valence electrons. The van der Waals surface area contributed by atoms with Crippen LogP contribution in [0.1, 0.15) is 36.0 Å². The number of hydrogen-bond acceptors (Lipinski definition) is 3.